The van der Waals surface area contributed by atoms with Gasteiger partial charge in [-0.05, 0) is 42.5 Å². The second-order valence-electron chi connectivity index (χ2n) is 7.22. The van der Waals surface area contributed by atoms with E-state index in [0.717, 1.165) is 11.6 Å². The Morgan fingerprint density at radius 1 is 1.19 bits per heavy atom. The highest BCUT2D eigenvalue weighted by Gasteiger charge is 2.22. The van der Waals surface area contributed by atoms with Crippen LogP contribution in [0.2, 0.25) is 0 Å². The van der Waals surface area contributed by atoms with E-state index in [1.165, 1.54) is 12.3 Å². The zero-order valence-electron chi connectivity index (χ0n) is 17.2. The monoisotopic (exact) mass is 447 g/mol. The van der Waals surface area contributed by atoms with Gasteiger partial charge in [0.25, 0.3) is 5.56 Å². The Hall–Kier alpha value is -3.37. The minimum Gasteiger partial charge on any atom is -0.423 e. The zero-order chi connectivity index (χ0) is 23.3. The normalized spacial score (nSPS) is 11.2. The number of hydrogen-bond acceptors (Lipinski definition) is 7. The number of pyridine rings is 2. The number of aliphatic hydroxyl groups is 1. The van der Waals surface area contributed by atoms with Crippen LogP contribution in [0, 0.1) is 11.6 Å². The zero-order valence-corrected chi connectivity index (χ0v) is 17.2. The number of Topliss-reactive ketones (excluding diaryl/α,β-unsaturated/α-hetero) is 1. The van der Waals surface area contributed by atoms with Gasteiger partial charge in [-0.2, -0.15) is 0 Å². The van der Waals surface area contributed by atoms with Crippen LogP contribution in [0.3, 0.4) is 0 Å². The Morgan fingerprint density at radius 2 is 1.97 bits per heavy atom. The molecule has 0 unspecified atom stereocenters. The number of aromatic nitrogens is 2. The van der Waals surface area contributed by atoms with Crippen LogP contribution in [0.1, 0.15) is 34.3 Å². The van der Waals surface area contributed by atoms with Crippen molar-refractivity contribution in [2.24, 2.45) is 0 Å². The summed E-state index contributed by atoms with van der Waals surface area (Å²) in [5.41, 5.74) is 5.35. The van der Waals surface area contributed by atoms with Crippen molar-refractivity contribution in [1.29, 1.82) is 0 Å². The van der Waals surface area contributed by atoms with E-state index >= 15 is 0 Å². The molecular weight excluding hydrogens is 424 g/mol. The lowest BCUT2D eigenvalue weighted by Crippen LogP contribution is -2.28. The van der Waals surface area contributed by atoms with Crippen molar-refractivity contribution in [3.63, 3.8) is 0 Å². The minimum atomic E-state index is -1.02. The number of ketones is 1. The van der Waals surface area contributed by atoms with Gasteiger partial charge in [0.1, 0.15) is 17.2 Å². The quantitative estimate of drug-likeness (QED) is 0.247. The van der Waals surface area contributed by atoms with E-state index in [1.54, 1.807) is 6.07 Å². The van der Waals surface area contributed by atoms with Crippen LogP contribution >= 0.6 is 0 Å². The summed E-state index contributed by atoms with van der Waals surface area (Å²) in [6.07, 6.45) is 2.35. The lowest BCUT2D eigenvalue weighted by Gasteiger charge is -2.12. The maximum atomic E-state index is 13.8. The molecule has 0 atom stereocenters. The fraction of sp³-hybridized carbons (Fsp3) is 0.318. The highest BCUT2D eigenvalue weighted by Crippen LogP contribution is 2.24. The maximum absolute atomic E-state index is 13.8. The molecule has 4 N–H and O–H groups in total. The number of anilines is 1. The van der Waals surface area contributed by atoms with E-state index in [4.69, 9.17) is 15.6 Å². The third-order valence-electron chi connectivity index (χ3n) is 4.99. The van der Waals surface area contributed by atoms with Crippen molar-refractivity contribution in [2.45, 2.75) is 25.7 Å². The predicted octanol–water partition coefficient (Wildman–Crippen LogP) is 2.25. The molecular formula is C22H23F2N3O5. The predicted molar refractivity (Wildman–Crippen MR) is 113 cm³/mol. The number of aryl methyl sites for hydroxylation is 2. The van der Waals surface area contributed by atoms with Crippen LogP contribution in [-0.4, -0.2) is 45.6 Å². The van der Waals surface area contributed by atoms with Gasteiger partial charge in [0.05, 0.1) is 18.9 Å². The van der Waals surface area contributed by atoms with Crippen molar-refractivity contribution in [1.82, 2.24) is 9.71 Å². The SMILES string of the molecule is Nc1c(C(=O)CCc2ccc(F)cc2F)c(=O)n(O)c2ncc(CCCOCCO)cc12. The number of halogens is 2. The molecule has 0 fully saturated rings. The number of rotatable bonds is 10. The standard InChI is InChI=1S/C22H23F2N3O5/c23-15-5-3-14(17(24)11-15)4-6-18(29)19-20(25)16-10-13(2-1-8-32-9-7-28)12-26-21(16)27(31)22(19)30/h3,5,10-12,28,31H,1-2,4,6-9,25H2. The Balaban J connectivity index is 1.85. The molecule has 3 aromatic rings. The van der Waals surface area contributed by atoms with Crippen molar-refractivity contribution in [3.05, 3.63) is 69.1 Å². The molecule has 0 aliphatic heterocycles. The highest BCUT2D eigenvalue weighted by atomic mass is 19.1. The fourth-order valence-corrected chi connectivity index (χ4v) is 3.37. The first kappa shape index (κ1) is 23.3. The van der Waals surface area contributed by atoms with E-state index in [0.29, 0.717) is 25.5 Å². The third-order valence-corrected chi connectivity index (χ3v) is 4.99. The Morgan fingerprint density at radius 3 is 2.69 bits per heavy atom. The molecule has 0 aliphatic carbocycles. The lowest BCUT2D eigenvalue weighted by atomic mass is 10.00. The first-order valence-electron chi connectivity index (χ1n) is 10.0. The summed E-state index contributed by atoms with van der Waals surface area (Å²) in [7, 11) is 0. The number of fused-ring (bicyclic) bond motifs is 1. The number of benzene rings is 1. The molecule has 0 bridgehead atoms. The molecule has 8 nitrogen and oxygen atoms in total. The number of nitrogen functional groups attached to an aromatic ring is 1. The average Bonchev–Trinajstić information content (AvgIpc) is 2.77. The second-order valence-corrected chi connectivity index (χ2v) is 7.22. The van der Waals surface area contributed by atoms with Crippen molar-refractivity contribution >= 4 is 22.5 Å². The summed E-state index contributed by atoms with van der Waals surface area (Å²) in [6.45, 7) is 0.608. The van der Waals surface area contributed by atoms with E-state index in [-0.39, 0.29) is 53.1 Å². The van der Waals surface area contributed by atoms with Crippen LogP contribution in [0.25, 0.3) is 11.0 Å². The summed E-state index contributed by atoms with van der Waals surface area (Å²) in [5.74, 6) is -2.20. The largest absolute Gasteiger partial charge is 0.423 e. The molecule has 2 aromatic heterocycles. The lowest BCUT2D eigenvalue weighted by molar-refractivity contribution is 0.0909. The summed E-state index contributed by atoms with van der Waals surface area (Å²) >= 11 is 0. The first-order valence-corrected chi connectivity index (χ1v) is 10.0. The molecule has 0 amide bonds. The van der Waals surface area contributed by atoms with Gasteiger partial charge in [-0.1, -0.05) is 6.07 Å². The number of carbonyl (C=O) groups excluding carboxylic acids is 1. The number of hydrogen-bond donors (Lipinski definition) is 3. The molecule has 0 aliphatic rings. The summed E-state index contributed by atoms with van der Waals surface area (Å²) < 4.78 is 32.4. The van der Waals surface area contributed by atoms with Crippen LogP contribution < -0.4 is 11.3 Å². The summed E-state index contributed by atoms with van der Waals surface area (Å²) in [4.78, 5) is 29.4. The van der Waals surface area contributed by atoms with E-state index in [1.807, 2.05) is 0 Å². The third kappa shape index (κ3) is 5.09. The topological polar surface area (TPSA) is 128 Å². The van der Waals surface area contributed by atoms with E-state index in [9.17, 15) is 23.6 Å². The average molecular weight is 447 g/mol. The van der Waals surface area contributed by atoms with Gasteiger partial charge >= 0.3 is 0 Å². The van der Waals surface area contributed by atoms with Gasteiger partial charge in [-0.3, -0.25) is 9.59 Å². The van der Waals surface area contributed by atoms with E-state index in [2.05, 4.69) is 4.98 Å². The van der Waals surface area contributed by atoms with Crippen LogP contribution in [0.5, 0.6) is 0 Å². The number of aliphatic hydroxyl groups excluding tert-OH is 1. The first-order chi connectivity index (χ1) is 15.3. The number of nitrogens with zero attached hydrogens (tertiary/aromatic N) is 2. The molecule has 1 aromatic carbocycles. The second kappa shape index (κ2) is 10.3. The Kier molecular flexibility index (Phi) is 7.49. The minimum absolute atomic E-state index is 0.0628. The molecule has 170 valence electrons. The summed E-state index contributed by atoms with van der Waals surface area (Å²) in [6, 6.07) is 4.65. The van der Waals surface area contributed by atoms with Crippen LogP contribution in [0.4, 0.5) is 14.5 Å². The van der Waals surface area contributed by atoms with Crippen molar-refractivity contribution in [3.8, 4) is 0 Å². The fourth-order valence-electron chi connectivity index (χ4n) is 3.37. The van der Waals surface area contributed by atoms with Crippen molar-refractivity contribution < 1.29 is 28.6 Å². The summed E-state index contributed by atoms with van der Waals surface area (Å²) in [5, 5.41) is 19.2. The molecule has 0 saturated heterocycles. The molecule has 3 rings (SSSR count). The molecule has 10 heteroatoms. The van der Waals surface area contributed by atoms with Gasteiger partial charge in [0.15, 0.2) is 11.4 Å². The van der Waals surface area contributed by atoms with Gasteiger partial charge in [-0.15, -0.1) is 4.73 Å². The Bertz CT molecular complexity index is 1200. The molecule has 32 heavy (non-hydrogen) atoms. The smallest absolute Gasteiger partial charge is 0.297 e. The van der Waals surface area contributed by atoms with Crippen LogP contribution in [0.15, 0.2) is 35.3 Å². The molecule has 0 spiro atoms. The number of carbonyl (C=O) groups is 1. The van der Waals surface area contributed by atoms with Gasteiger partial charge in [0.2, 0.25) is 0 Å². The number of ether oxygens (including phenoxy) is 1. The van der Waals surface area contributed by atoms with Gasteiger partial charge in [-0.25, -0.2) is 13.8 Å². The highest BCUT2D eigenvalue weighted by molar-refractivity contribution is 6.06. The molecule has 0 radical (unpaired) electrons. The van der Waals surface area contributed by atoms with Crippen LogP contribution in [-0.2, 0) is 17.6 Å². The maximum Gasteiger partial charge on any atom is 0.297 e. The van der Waals surface area contributed by atoms with Crippen molar-refractivity contribution in [2.75, 3.05) is 25.6 Å². The Labute approximate surface area is 181 Å². The molecule has 2 heterocycles. The van der Waals surface area contributed by atoms with Gasteiger partial charge in [0, 0.05) is 30.7 Å². The number of nitrogens with two attached hydrogens (primary N) is 1. The van der Waals surface area contributed by atoms with Gasteiger partial charge < -0.3 is 20.8 Å². The molecule has 0 saturated carbocycles. The van der Waals surface area contributed by atoms with E-state index < -0.39 is 28.5 Å².